The van der Waals surface area contributed by atoms with Gasteiger partial charge in [-0.2, -0.15) is 0 Å². The summed E-state index contributed by atoms with van der Waals surface area (Å²) in [6, 6.07) is 6.59. The zero-order valence-electron chi connectivity index (χ0n) is 11.5. The van der Waals surface area contributed by atoms with E-state index in [2.05, 4.69) is 19.2 Å². The second-order valence-electron chi connectivity index (χ2n) is 5.31. The molecule has 1 atom stereocenters. The van der Waals surface area contributed by atoms with Crippen molar-refractivity contribution in [2.24, 2.45) is 0 Å². The van der Waals surface area contributed by atoms with Crippen LogP contribution in [0.3, 0.4) is 0 Å². The molecule has 0 heterocycles. The van der Waals surface area contributed by atoms with Gasteiger partial charge in [0.15, 0.2) is 0 Å². The lowest BCUT2D eigenvalue weighted by atomic mass is 10.1. The molecule has 0 aromatic heterocycles. The van der Waals surface area contributed by atoms with Gasteiger partial charge in [0.25, 0.3) is 0 Å². The van der Waals surface area contributed by atoms with E-state index in [0.29, 0.717) is 17.8 Å². The Balaban J connectivity index is 2.03. The Bertz CT molecular complexity index is 401. The van der Waals surface area contributed by atoms with Gasteiger partial charge in [-0.1, -0.05) is 13.0 Å². The van der Waals surface area contributed by atoms with Gasteiger partial charge in [-0.3, -0.25) is 0 Å². The Kier molecular flexibility index (Phi) is 4.23. The van der Waals surface area contributed by atoms with Crippen molar-refractivity contribution in [3.8, 4) is 0 Å². The average Bonchev–Trinajstić information content (AvgIpc) is 3.18. The van der Waals surface area contributed by atoms with Gasteiger partial charge >= 0.3 is 0 Å². The lowest BCUT2D eigenvalue weighted by Crippen LogP contribution is -2.28. The first-order valence-corrected chi connectivity index (χ1v) is 6.86. The fourth-order valence-electron chi connectivity index (χ4n) is 2.01. The highest BCUT2D eigenvalue weighted by Crippen LogP contribution is 2.23. The zero-order valence-corrected chi connectivity index (χ0v) is 11.5. The molecule has 2 rings (SSSR count). The minimum atomic E-state index is -0.118. The fraction of sp³-hybridized carbons (Fsp3) is 0.600. The number of halogens is 1. The maximum Gasteiger partial charge on any atom is 0.146 e. The predicted octanol–water partition coefficient (Wildman–Crippen LogP) is 3.31. The number of nitrogens with one attached hydrogen (secondary N) is 1. The molecule has 1 aliphatic carbocycles. The summed E-state index contributed by atoms with van der Waals surface area (Å²) in [5.41, 5.74) is 1.72. The van der Waals surface area contributed by atoms with Crippen LogP contribution in [0.2, 0.25) is 0 Å². The Morgan fingerprint density at radius 2 is 2.17 bits per heavy atom. The summed E-state index contributed by atoms with van der Waals surface area (Å²) in [6.07, 6.45) is 3.54. The molecule has 0 radical (unpaired) electrons. The maximum absolute atomic E-state index is 14.1. The first-order valence-electron chi connectivity index (χ1n) is 6.86. The van der Waals surface area contributed by atoms with Gasteiger partial charge in [-0.15, -0.1) is 0 Å². The summed E-state index contributed by atoms with van der Waals surface area (Å²) in [7, 11) is 1.95. The molecule has 0 aliphatic heterocycles. The maximum atomic E-state index is 14.1. The van der Waals surface area contributed by atoms with Crippen molar-refractivity contribution in [3.05, 3.63) is 29.6 Å². The van der Waals surface area contributed by atoms with Crippen LogP contribution in [0.5, 0.6) is 0 Å². The molecule has 1 aromatic rings. The summed E-state index contributed by atoms with van der Waals surface area (Å²) in [5.74, 6) is -0.118. The molecule has 18 heavy (non-hydrogen) atoms. The van der Waals surface area contributed by atoms with Gasteiger partial charge in [-0.25, -0.2) is 4.39 Å². The normalized spacial score (nSPS) is 16.7. The van der Waals surface area contributed by atoms with E-state index in [1.165, 1.54) is 12.8 Å². The van der Waals surface area contributed by atoms with Crippen LogP contribution in [0, 0.1) is 5.82 Å². The topological polar surface area (TPSA) is 15.3 Å². The smallest absolute Gasteiger partial charge is 0.146 e. The van der Waals surface area contributed by atoms with Crippen molar-refractivity contribution in [2.75, 3.05) is 11.9 Å². The standard InChI is InChI=1S/C15H23FN2/c1-4-11(2)18(3)15-8-5-12(9-14(15)16)10-17-13-6-7-13/h5,8-9,11,13,17H,4,6-7,10H2,1-3H3. The lowest BCUT2D eigenvalue weighted by molar-refractivity contribution is 0.595. The van der Waals surface area contributed by atoms with Crippen molar-refractivity contribution in [1.29, 1.82) is 0 Å². The molecule has 1 aromatic carbocycles. The number of rotatable bonds is 6. The highest BCUT2D eigenvalue weighted by molar-refractivity contribution is 5.49. The van der Waals surface area contributed by atoms with Crippen LogP contribution in [0.1, 0.15) is 38.7 Å². The molecule has 2 nitrogen and oxygen atoms in total. The molecular formula is C15H23FN2. The van der Waals surface area contributed by atoms with Crippen LogP contribution < -0.4 is 10.2 Å². The third kappa shape index (κ3) is 3.22. The molecule has 1 fully saturated rings. The average molecular weight is 250 g/mol. The molecule has 1 N–H and O–H groups in total. The van der Waals surface area contributed by atoms with E-state index in [1.807, 2.05) is 24.1 Å². The Morgan fingerprint density at radius 3 is 2.72 bits per heavy atom. The van der Waals surface area contributed by atoms with Crippen LogP contribution in [-0.4, -0.2) is 19.1 Å². The Morgan fingerprint density at radius 1 is 1.44 bits per heavy atom. The second kappa shape index (κ2) is 5.70. The van der Waals surface area contributed by atoms with E-state index in [1.54, 1.807) is 6.07 Å². The quantitative estimate of drug-likeness (QED) is 0.833. The molecular weight excluding hydrogens is 227 g/mol. The summed E-state index contributed by atoms with van der Waals surface area (Å²) in [5, 5.41) is 3.40. The van der Waals surface area contributed by atoms with E-state index in [4.69, 9.17) is 0 Å². The van der Waals surface area contributed by atoms with Crippen LogP contribution in [0.15, 0.2) is 18.2 Å². The van der Waals surface area contributed by atoms with E-state index < -0.39 is 0 Å². The molecule has 1 saturated carbocycles. The predicted molar refractivity (Wildman–Crippen MR) is 74.4 cm³/mol. The van der Waals surface area contributed by atoms with Crippen LogP contribution in [0.25, 0.3) is 0 Å². The van der Waals surface area contributed by atoms with Crippen molar-refractivity contribution < 1.29 is 4.39 Å². The Hall–Kier alpha value is -1.09. The van der Waals surface area contributed by atoms with Crippen molar-refractivity contribution in [1.82, 2.24) is 5.32 Å². The van der Waals surface area contributed by atoms with E-state index in [-0.39, 0.29) is 5.82 Å². The summed E-state index contributed by atoms with van der Waals surface area (Å²) >= 11 is 0. The molecule has 3 heteroatoms. The number of benzene rings is 1. The Labute approximate surface area is 109 Å². The number of anilines is 1. The molecule has 0 amide bonds. The minimum Gasteiger partial charge on any atom is -0.370 e. The molecule has 100 valence electrons. The van der Waals surface area contributed by atoms with Crippen LogP contribution >= 0.6 is 0 Å². The minimum absolute atomic E-state index is 0.118. The molecule has 0 bridgehead atoms. The summed E-state index contributed by atoms with van der Waals surface area (Å²) < 4.78 is 14.1. The second-order valence-corrected chi connectivity index (χ2v) is 5.31. The van der Waals surface area contributed by atoms with Crippen molar-refractivity contribution in [3.63, 3.8) is 0 Å². The first-order chi connectivity index (χ1) is 8.61. The van der Waals surface area contributed by atoms with Gasteiger partial charge in [0, 0.05) is 25.7 Å². The largest absolute Gasteiger partial charge is 0.370 e. The zero-order chi connectivity index (χ0) is 13.1. The van der Waals surface area contributed by atoms with Gasteiger partial charge < -0.3 is 10.2 Å². The van der Waals surface area contributed by atoms with Gasteiger partial charge in [0.2, 0.25) is 0 Å². The third-order valence-electron chi connectivity index (χ3n) is 3.82. The van der Waals surface area contributed by atoms with E-state index in [9.17, 15) is 4.39 Å². The molecule has 0 spiro atoms. The number of hydrogen-bond donors (Lipinski definition) is 1. The van der Waals surface area contributed by atoms with Gasteiger partial charge in [-0.05, 0) is 43.9 Å². The molecule has 1 unspecified atom stereocenters. The third-order valence-corrected chi connectivity index (χ3v) is 3.82. The first kappa shape index (κ1) is 13.3. The van der Waals surface area contributed by atoms with Crippen molar-refractivity contribution in [2.45, 2.75) is 51.7 Å². The van der Waals surface area contributed by atoms with E-state index in [0.717, 1.165) is 18.5 Å². The highest BCUT2D eigenvalue weighted by Gasteiger charge is 2.20. The summed E-state index contributed by atoms with van der Waals surface area (Å²) in [6.45, 7) is 5.00. The van der Waals surface area contributed by atoms with Gasteiger partial charge in [0.1, 0.15) is 5.82 Å². The SMILES string of the molecule is CCC(C)N(C)c1ccc(CNC2CC2)cc1F. The molecule has 0 saturated heterocycles. The van der Waals surface area contributed by atoms with Crippen molar-refractivity contribution >= 4 is 5.69 Å². The summed E-state index contributed by atoms with van der Waals surface area (Å²) in [4.78, 5) is 2.01. The highest BCUT2D eigenvalue weighted by atomic mass is 19.1. The monoisotopic (exact) mass is 250 g/mol. The van der Waals surface area contributed by atoms with Crippen LogP contribution in [-0.2, 0) is 6.54 Å². The molecule has 1 aliphatic rings. The lowest BCUT2D eigenvalue weighted by Gasteiger charge is -2.26. The number of nitrogens with zero attached hydrogens (tertiary/aromatic N) is 1. The van der Waals surface area contributed by atoms with E-state index >= 15 is 0 Å². The van der Waals surface area contributed by atoms with Gasteiger partial charge in [0.05, 0.1) is 5.69 Å². The fourth-order valence-corrected chi connectivity index (χ4v) is 2.01. The number of hydrogen-bond acceptors (Lipinski definition) is 2. The van der Waals surface area contributed by atoms with Crippen LogP contribution in [0.4, 0.5) is 10.1 Å².